The second-order valence-corrected chi connectivity index (χ2v) is 5.05. The lowest BCUT2D eigenvalue weighted by Crippen LogP contribution is -2.35. The fraction of sp³-hybridized carbons (Fsp3) is 0.417. The number of carbonyl (C=O) groups is 1. The average molecular weight is 283 g/mol. The molecule has 1 aliphatic rings. The predicted molar refractivity (Wildman–Crippen MR) is 66.8 cm³/mol. The van der Waals surface area contributed by atoms with E-state index in [4.69, 9.17) is 5.73 Å². The number of amides is 1. The Bertz CT molecular complexity index is 390. The molecular weight excluding hydrogens is 268 g/mol. The van der Waals surface area contributed by atoms with Crippen molar-refractivity contribution in [1.29, 1.82) is 0 Å². The molecule has 1 fully saturated rings. The smallest absolute Gasteiger partial charge is 0.231 e. The summed E-state index contributed by atoms with van der Waals surface area (Å²) >= 11 is 3.52. The van der Waals surface area contributed by atoms with Gasteiger partial charge in [-0.05, 0) is 24.5 Å². The molecule has 0 bridgehead atoms. The summed E-state index contributed by atoms with van der Waals surface area (Å²) in [6.45, 7) is 1.14. The number of primary amides is 1. The molecule has 86 valence electrons. The van der Waals surface area contributed by atoms with Crippen LogP contribution in [-0.4, -0.2) is 23.4 Å². The molecule has 1 saturated carbocycles. The van der Waals surface area contributed by atoms with Gasteiger partial charge in [-0.2, -0.15) is 0 Å². The highest BCUT2D eigenvalue weighted by Gasteiger charge is 2.29. The number of carbonyl (C=O) groups excluding carboxylic acids is 1. The number of hydrogen-bond donors (Lipinski definition) is 1. The van der Waals surface area contributed by atoms with Crippen LogP contribution in [0.15, 0.2) is 28.7 Å². The molecule has 0 heterocycles. The zero-order valence-corrected chi connectivity index (χ0v) is 10.6. The summed E-state index contributed by atoms with van der Waals surface area (Å²) in [7, 11) is 0. The molecule has 0 radical (unpaired) electrons. The third-order valence-corrected chi connectivity index (χ3v) is 3.53. The van der Waals surface area contributed by atoms with Crippen molar-refractivity contribution in [2.45, 2.75) is 25.4 Å². The Hall–Kier alpha value is -0.870. The maximum absolute atomic E-state index is 11.0. The molecule has 0 atom stereocenters. The van der Waals surface area contributed by atoms with Crippen LogP contribution in [0.3, 0.4) is 0 Å². The molecule has 2 N–H and O–H groups in total. The second kappa shape index (κ2) is 4.97. The van der Waals surface area contributed by atoms with Gasteiger partial charge < -0.3 is 5.73 Å². The van der Waals surface area contributed by atoms with E-state index in [0.717, 1.165) is 11.0 Å². The first-order valence-electron chi connectivity index (χ1n) is 5.42. The third kappa shape index (κ3) is 3.06. The van der Waals surface area contributed by atoms with Crippen LogP contribution >= 0.6 is 15.9 Å². The van der Waals surface area contributed by atoms with Crippen LogP contribution in [0, 0.1) is 0 Å². The topological polar surface area (TPSA) is 46.3 Å². The van der Waals surface area contributed by atoms with E-state index in [1.807, 2.05) is 18.2 Å². The molecule has 16 heavy (non-hydrogen) atoms. The standard InChI is InChI=1S/C12H15BrN2O/c13-11-4-2-1-3-9(11)7-15(8-12(14)16)10-5-6-10/h1-4,10H,5-8H2,(H2,14,16). The minimum Gasteiger partial charge on any atom is -0.369 e. The van der Waals surface area contributed by atoms with E-state index in [0.29, 0.717) is 12.6 Å². The summed E-state index contributed by atoms with van der Waals surface area (Å²) in [5.74, 6) is -0.251. The number of benzene rings is 1. The normalized spacial score (nSPS) is 15.4. The highest BCUT2D eigenvalue weighted by molar-refractivity contribution is 9.10. The van der Waals surface area contributed by atoms with Gasteiger partial charge in [-0.25, -0.2) is 0 Å². The minimum absolute atomic E-state index is 0.251. The number of nitrogens with two attached hydrogens (primary N) is 1. The van der Waals surface area contributed by atoms with Crippen molar-refractivity contribution in [2.24, 2.45) is 5.73 Å². The Kier molecular flexibility index (Phi) is 3.61. The van der Waals surface area contributed by atoms with E-state index < -0.39 is 0 Å². The first kappa shape index (κ1) is 11.6. The first-order chi connectivity index (χ1) is 7.66. The molecule has 4 heteroatoms. The fourth-order valence-corrected chi connectivity index (χ4v) is 2.21. The van der Waals surface area contributed by atoms with E-state index >= 15 is 0 Å². The third-order valence-electron chi connectivity index (χ3n) is 2.75. The van der Waals surface area contributed by atoms with Gasteiger partial charge in [-0.1, -0.05) is 34.1 Å². The molecule has 0 aromatic heterocycles. The van der Waals surface area contributed by atoms with Gasteiger partial charge in [0.2, 0.25) is 5.91 Å². The molecule has 0 unspecified atom stereocenters. The largest absolute Gasteiger partial charge is 0.369 e. The van der Waals surface area contributed by atoms with Crippen molar-refractivity contribution in [2.75, 3.05) is 6.54 Å². The molecule has 0 spiro atoms. The van der Waals surface area contributed by atoms with Crippen molar-refractivity contribution >= 4 is 21.8 Å². The van der Waals surface area contributed by atoms with Crippen LogP contribution in [-0.2, 0) is 11.3 Å². The predicted octanol–water partition coefficient (Wildman–Crippen LogP) is 1.90. The Morgan fingerprint density at radius 1 is 1.44 bits per heavy atom. The summed E-state index contributed by atoms with van der Waals surface area (Å²) in [5.41, 5.74) is 6.46. The zero-order chi connectivity index (χ0) is 11.5. The molecule has 2 rings (SSSR count). The SMILES string of the molecule is NC(=O)CN(Cc1ccccc1Br)C1CC1. The summed E-state index contributed by atoms with van der Waals surface area (Å²) < 4.78 is 1.09. The second-order valence-electron chi connectivity index (χ2n) is 4.19. The van der Waals surface area contributed by atoms with Gasteiger partial charge in [0.15, 0.2) is 0 Å². The van der Waals surface area contributed by atoms with Gasteiger partial charge in [-0.3, -0.25) is 9.69 Å². The lowest BCUT2D eigenvalue weighted by atomic mass is 10.2. The molecular formula is C12H15BrN2O. The highest BCUT2D eigenvalue weighted by atomic mass is 79.9. The van der Waals surface area contributed by atoms with E-state index in [1.54, 1.807) is 0 Å². The van der Waals surface area contributed by atoms with E-state index in [2.05, 4.69) is 26.9 Å². The Morgan fingerprint density at radius 3 is 2.69 bits per heavy atom. The Morgan fingerprint density at radius 2 is 2.12 bits per heavy atom. The average Bonchev–Trinajstić information content (AvgIpc) is 3.03. The lowest BCUT2D eigenvalue weighted by Gasteiger charge is -2.20. The fourth-order valence-electron chi connectivity index (χ4n) is 1.80. The van der Waals surface area contributed by atoms with E-state index in [9.17, 15) is 4.79 Å². The Labute approximate surface area is 104 Å². The number of nitrogens with zero attached hydrogens (tertiary/aromatic N) is 1. The molecule has 0 saturated heterocycles. The first-order valence-corrected chi connectivity index (χ1v) is 6.22. The van der Waals surface area contributed by atoms with Gasteiger partial charge in [0.25, 0.3) is 0 Å². The lowest BCUT2D eigenvalue weighted by molar-refractivity contribution is -0.119. The summed E-state index contributed by atoms with van der Waals surface area (Å²) in [5, 5.41) is 0. The van der Waals surface area contributed by atoms with Crippen LogP contribution in [0.5, 0.6) is 0 Å². The summed E-state index contributed by atoms with van der Waals surface area (Å²) in [6.07, 6.45) is 2.36. The maximum Gasteiger partial charge on any atom is 0.231 e. The van der Waals surface area contributed by atoms with Gasteiger partial charge in [0, 0.05) is 17.1 Å². The van der Waals surface area contributed by atoms with Gasteiger partial charge in [0.05, 0.1) is 6.54 Å². The van der Waals surface area contributed by atoms with Gasteiger partial charge >= 0.3 is 0 Å². The van der Waals surface area contributed by atoms with Crippen LogP contribution in [0.25, 0.3) is 0 Å². The van der Waals surface area contributed by atoms with Crippen molar-refractivity contribution in [3.05, 3.63) is 34.3 Å². The maximum atomic E-state index is 11.0. The minimum atomic E-state index is -0.251. The van der Waals surface area contributed by atoms with E-state index in [1.165, 1.54) is 18.4 Å². The number of rotatable bonds is 5. The quantitative estimate of drug-likeness (QED) is 0.897. The molecule has 0 aliphatic heterocycles. The van der Waals surface area contributed by atoms with Crippen LogP contribution in [0.2, 0.25) is 0 Å². The van der Waals surface area contributed by atoms with E-state index in [-0.39, 0.29) is 5.91 Å². The van der Waals surface area contributed by atoms with Crippen LogP contribution in [0.4, 0.5) is 0 Å². The molecule has 3 nitrogen and oxygen atoms in total. The Balaban J connectivity index is 2.05. The monoisotopic (exact) mass is 282 g/mol. The zero-order valence-electron chi connectivity index (χ0n) is 9.03. The van der Waals surface area contributed by atoms with Crippen LogP contribution in [0.1, 0.15) is 18.4 Å². The summed E-state index contributed by atoms with van der Waals surface area (Å²) in [6, 6.07) is 8.63. The molecule has 1 aliphatic carbocycles. The molecule has 1 aromatic rings. The number of halogens is 1. The molecule has 1 amide bonds. The van der Waals surface area contributed by atoms with Crippen molar-refractivity contribution < 1.29 is 4.79 Å². The molecule has 1 aromatic carbocycles. The van der Waals surface area contributed by atoms with Crippen molar-refractivity contribution in [3.8, 4) is 0 Å². The highest BCUT2D eigenvalue weighted by Crippen LogP contribution is 2.29. The van der Waals surface area contributed by atoms with Crippen LogP contribution < -0.4 is 5.73 Å². The van der Waals surface area contributed by atoms with Crippen molar-refractivity contribution in [1.82, 2.24) is 4.90 Å². The van der Waals surface area contributed by atoms with Crippen molar-refractivity contribution in [3.63, 3.8) is 0 Å². The van der Waals surface area contributed by atoms with Gasteiger partial charge in [-0.15, -0.1) is 0 Å². The number of hydrogen-bond acceptors (Lipinski definition) is 2. The summed E-state index contributed by atoms with van der Waals surface area (Å²) in [4.78, 5) is 13.1. The van der Waals surface area contributed by atoms with Gasteiger partial charge in [0.1, 0.15) is 0 Å².